The van der Waals surface area contributed by atoms with Crippen LogP contribution in [0, 0.1) is 5.82 Å². The number of para-hydroxylation sites is 1. The molecule has 0 atom stereocenters. The van der Waals surface area contributed by atoms with E-state index in [1.54, 1.807) is 35.6 Å². The summed E-state index contributed by atoms with van der Waals surface area (Å²) in [7, 11) is 1.90. The van der Waals surface area contributed by atoms with Crippen molar-refractivity contribution in [2.75, 3.05) is 12.1 Å². The van der Waals surface area contributed by atoms with E-state index in [2.05, 4.69) is 31.4 Å². The molecule has 0 unspecified atom stereocenters. The highest BCUT2D eigenvalue weighted by Crippen LogP contribution is 2.39. The van der Waals surface area contributed by atoms with Gasteiger partial charge in [-0.2, -0.15) is 4.98 Å². The number of nitrogens with zero attached hydrogens (tertiary/aromatic N) is 5. The van der Waals surface area contributed by atoms with E-state index in [1.807, 2.05) is 43.4 Å². The molecule has 32 heavy (non-hydrogen) atoms. The number of anilines is 1. The van der Waals surface area contributed by atoms with Gasteiger partial charge in [-0.3, -0.25) is 9.99 Å². The number of halogens is 1. The number of pyridine rings is 1. The molecule has 0 saturated carbocycles. The number of hydrogen-bond acceptors (Lipinski definition) is 7. The summed E-state index contributed by atoms with van der Waals surface area (Å²) in [5, 5.41) is 8.79. The molecule has 4 aromatic rings. The Morgan fingerprint density at radius 1 is 1.03 bits per heavy atom. The van der Waals surface area contributed by atoms with Crippen LogP contribution in [0.3, 0.4) is 0 Å². The molecular formula is C23H19FN7O-. The molecule has 0 fully saturated rings. The molecule has 0 aliphatic carbocycles. The second-order valence-electron chi connectivity index (χ2n) is 7.08. The van der Waals surface area contributed by atoms with E-state index in [4.69, 9.17) is 4.52 Å². The summed E-state index contributed by atoms with van der Waals surface area (Å²) in [4.78, 5) is 8.62. The maximum atomic E-state index is 14.6. The van der Waals surface area contributed by atoms with Gasteiger partial charge in [0.15, 0.2) is 0 Å². The smallest absolute Gasteiger partial charge is 0.239 e. The minimum absolute atomic E-state index is 0.220. The third-order valence-corrected chi connectivity index (χ3v) is 4.98. The summed E-state index contributed by atoms with van der Waals surface area (Å²) < 4.78 is 20.1. The van der Waals surface area contributed by atoms with Crippen molar-refractivity contribution in [1.82, 2.24) is 26.0 Å². The number of nitrogens with one attached hydrogen (secondary N) is 2. The molecule has 1 aliphatic rings. The zero-order valence-electron chi connectivity index (χ0n) is 17.2. The fourth-order valence-electron chi connectivity index (χ4n) is 3.45. The Bertz CT molecular complexity index is 1250. The normalized spacial score (nSPS) is 13.5. The van der Waals surface area contributed by atoms with Gasteiger partial charge in [0, 0.05) is 30.1 Å². The standard InChI is InChI=1S/C23H19FN7O/c1-25-14-15-6-8-17(9-7-15)22-27-23(32-29-22)20-21(16-10-12-26-13-11-16)31(30-28-20)19-5-3-2-4-18(19)24/h2-13,25,30H,14H2,1H3/q-1. The van der Waals surface area contributed by atoms with Crippen LogP contribution in [0.25, 0.3) is 28.2 Å². The monoisotopic (exact) mass is 428 g/mol. The molecule has 3 heterocycles. The van der Waals surface area contributed by atoms with Gasteiger partial charge >= 0.3 is 0 Å². The lowest BCUT2D eigenvalue weighted by Crippen LogP contribution is -2.29. The van der Waals surface area contributed by atoms with Crippen molar-refractivity contribution in [3.05, 3.63) is 101 Å². The average Bonchev–Trinajstić information content (AvgIpc) is 3.48. The maximum absolute atomic E-state index is 14.6. The molecule has 0 saturated heterocycles. The first-order valence-corrected chi connectivity index (χ1v) is 9.98. The van der Waals surface area contributed by atoms with Gasteiger partial charge < -0.3 is 20.8 Å². The van der Waals surface area contributed by atoms with E-state index in [0.29, 0.717) is 22.9 Å². The summed E-state index contributed by atoms with van der Waals surface area (Å²) >= 11 is 0. The van der Waals surface area contributed by atoms with Crippen LogP contribution in [0.15, 0.2) is 77.6 Å². The highest BCUT2D eigenvalue weighted by atomic mass is 19.1. The zero-order chi connectivity index (χ0) is 21.9. The quantitative estimate of drug-likeness (QED) is 0.477. The summed E-state index contributed by atoms with van der Waals surface area (Å²) in [5.41, 5.74) is 11.3. The van der Waals surface area contributed by atoms with Gasteiger partial charge in [-0.15, -0.1) is 0 Å². The van der Waals surface area contributed by atoms with Gasteiger partial charge in [0.2, 0.25) is 11.7 Å². The summed E-state index contributed by atoms with van der Waals surface area (Å²) in [6.45, 7) is 0.774. The third-order valence-electron chi connectivity index (χ3n) is 4.98. The Hall–Kier alpha value is -4.08. The molecule has 2 N–H and O–H groups in total. The maximum Gasteiger partial charge on any atom is 0.239 e. The van der Waals surface area contributed by atoms with Crippen molar-refractivity contribution in [3.63, 3.8) is 0 Å². The Morgan fingerprint density at radius 2 is 1.81 bits per heavy atom. The van der Waals surface area contributed by atoms with Crippen molar-refractivity contribution in [3.8, 4) is 11.4 Å². The Kier molecular flexibility index (Phi) is 5.32. The van der Waals surface area contributed by atoms with Crippen molar-refractivity contribution < 1.29 is 8.91 Å². The predicted molar refractivity (Wildman–Crippen MR) is 119 cm³/mol. The van der Waals surface area contributed by atoms with E-state index < -0.39 is 5.82 Å². The zero-order valence-corrected chi connectivity index (χ0v) is 17.2. The molecule has 2 aromatic heterocycles. The number of aromatic nitrogens is 3. The molecule has 160 valence electrons. The number of benzene rings is 2. The minimum atomic E-state index is -0.393. The second kappa shape index (κ2) is 8.58. The SMILES string of the molecule is CNCc1ccc(-c2noc(C3=C(c4ccncc4)N(c4ccccc4F)N[N-]3)n2)cc1. The summed E-state index contributed by atoms with van der Waals surface area (Å²) in [5.74, 6) is 0.269. The van der Waals surface area contributed by atoms with Crippen LogP contribution in [0.2, 0.25) is 0 Å². The molecular weight excluding hydrogens is 409 g/mol. The van der Waals surface area contributed by atoms with Crippen LogP contribution in [0.4, 0.5) is 10.1 Å². The lowest BCUT2D eigenvalue weighted by Gasteiger charge is -2.26. The number of hydrogen-bond donors (Lipinski definition) is 2. The van der Waals surface area contributed by atoms with Gasteiger partial charge in [-0.05, 0) is 42.6 Å². The topological polar surface area (TPSA) is 93.2 Å². The molecule has 9 heteroatoms. The predicted octanol–water partition coefficient (Wildman–Crippen LogP) is 4.13. The van der Waals surface area contributed by atoms with E-state index in [-0.39, 0.29) is 5.89 Å². The molecule has 0 spiro atoms. The highest BCUT2D eigenvalue weighted by Gasteiger charge is 2.24. The third kappa shape index (κ3) is 3.70. The van der Waals surface area contributed by atoms with Gasteiger partial charge in [-0.25, -0.2) is 4.39 Å². The van der Waals surface area contributed by atoms with E-state index in [0.717, 1.165) is 23.2 Å². The Labute approximate surface area is 183 Å². The first-order chi connectivity index (χ1) is 15.7. The van der Waals surface area contributed by atoms with Crippen LogP contribution in [-0.4, -0.2) is 22.2 Å². The van der Waals surface area contributed by atoms with Gasteiger partial charge in [0.05, 0.1) is 11.4 Å². The molecule has 0 radical (unpaired) electrons. The second-order valence-corrected chi connectivity index (χ2v) is 7.08. The molecule has 0 amide bonds. The number of rotatable bonds is 6. The Morgan fingerprint density at radius 3 is 2.56 bits per heavy atom. The fourth-order valence-corrected chi connectivity index (χ4v) is 3.45. The lowest BCUT2D eigenvalue weighted by atomic mass is 10.1. The van der Waals surface area contributed by atoms with Gasteiger partial charge in [0.1, 0.15) is 5.82 Å². The molecule has 5 rings (SSSR count). The van der Waals surface area contributed by atoms with Crippen LogP contribution in [-0.2, 0) is 6.54 Å². The van der Waals surface area contributed by atoms with E-state index >= 15 is 0 Å². The van der Waals surface area contributed by atoms with Crippen molar-refractivity contribution >= 4 is 17.1 Å². The fraction of sp³-hybridized carbons (Fsp3) is 0.0870. The molecule has 0 bridgehead atoms. The van der Waals surface area contributed by atoms with Crippen molar-refractivity contribution in [1.29, 1.82) is 0 Å². The van der Waals surface area contributed by atoms with Crippen LogP contribution >= 0.6 is 0 Å². The Balaban J connectivity index is 1.56. The van der Waals surface area contributed by atoms with Gasteiger partial charge in [0.25, 0.3) is 0 Å². The largest absolute Gasteiger partial charge is 0.597 e. The average molecular weight is 428 g/mol. The molecule has 8 nitrogen and oxygen atoms in total. The van der Waals surface area contributed by atoms with E-state index in [1.165, 1.54) is 6.07 Å². The van der Waals surface area contributed by atoms with Crippen LogP contribution < -0.4 is 15.9 Å². The minimum Gasteiger partial charge on any atom is -0.597 e. The van der Waals surface area contributed by atoms with Gasteiger partial charge in [-0.1, -0.05) is 41.6 Å². The number of hydrazine groups is 1. The summed E-state index contributed by atoms with van der Waals surface area (Å²) in [6, 6.07) is 17.9. The lowest BCUT2D eigenvalue weighted by molar-refractivity contribution is 0.409. The van der Waals surface area contributed by atoms with Crippen LogP contribution in [0.1, 0.15) is 17.0 Å². The first kappa shape index (κ1) is 19.9. The highest BCUT2D eigenvalue weighted by molar-refractivity contribution is 6.01. The van der Waals surface area contributed by atoms with Crippen LogP contribution in [0.5, 0.6) is 0 Å². The summed E-state index contributed by atoms with van der Waals surface area (Å²) in [6.07, 6.45) is 3.31. The van der Waals surface area contributed by atoms with Crippen molar-refractivity contribution in [2.45, 2.75) is 6.54 Å². The first-order valence-electron chi connectivity index (χ1n) is 9.98. The molecule has 2 aromatic carbocycles. The van der Waals surface area contributed by atoms with E-state index in [9.17, 15) is 4.39 Å². The molecule has 1 aliphatic heterocycles. The van der Waals surface area contributed by atoms with Crippen molar-refractivity contribution in [2.24, 2.45) is 0 Å².